The Hall–Kier alpha value is -3.82. The van der Waals surface area contributed by atoms with Crippen LogP contribution < -0.4 is 22.0 Å². The SMILES string of the molecule is CCOC(=O)C(=CN)C(=Nc1cccc(CN2Cc3ccccc3O[C@H](CC)C2)c1)[C@@H]1CC1/C(N)=C/N(C)N. The number of nitrogens with zero attached hydrogens (tertiary/aromatic N) is 3. The second kappa shape index (κ2) is 12.8. The molecule has 1 saturated carbocycles. The molecule has 0 radical (unpaired) electrons. The maximum Gasteiger partial charge on any atom is 0.341 e. The van der Waals surface area contributed by atoms with Gasteiger partial charge in [-0.2, -0.15) is 0 Å². The van der Waals surface area contributed by atoms with Gasteiger partial charge in [-0.3, -0.25) is 9.89 Å². The molecule has 208 valence electrons. The fraction of sp³-hybridized carbons (Fsp3) is 0.400. The Balaban J connectivity index is 1.61. The van der Waals surface area contributed by atoms with E-state index in [2.05, 4.69) is 30.0 Å². The van der Waals surface area contributed by atoms with Crippen molar-refractivity contribution in [3.8, 4) is 5.75 Å². The number of rotatable bonds is 10. The molecule has 1 heterocycles. The smallest absolute Gasteiger partial charge is 0.341 e. The van der Waals surface area contributed by atoms with Crippen LogP contribution in [0.4, 0.5) is 5.69 Å². The van der Waals surface area contributed by atoms with E-state index in [9.17, 15) is 4.79 Å². The average Bonchev–Trinajstić information content (AvgIpc) is 3.72. The predicted molar refractivity (Wildman–Crippen MR) is 154 cm³/mol. The van der Waals surface area contributed by atoms with Crippen LogP contribution in [-0.2, 0) is 22.6 Å². The van der Waals surface area contributed by atoms with Gasteiger partial charge in [0.1, 0.15) is 11.9 Å². The lowest BCUT2D eigenvalue weighted by atomic mass is 10.0. The first-order valence-corrected chi connectivity index (χ1v) is 13.5. The molecule has 0 spiro atoms. The van der Waals surface area contributed by atoms with Crippen LogP contribution in [0.2, 0.25) is 0 Å². The largest absolute Gasteiger partial charge is 0.489 e. The first-order chi connectivity index (χ1) is 18.8. The minimum absolute atomic E-state index is 0.0189. The van der Waals surface area contributed by atoms with Crippen molar-refractivity contribution in [1.29, 1.82) is 0 Å². The highest BCUT2D eigenvalue weighted by atomic mass is 16.5. The minimum atomic E-state index is -0.493. The van der Waals surface area contributed by atoms with Crippen molar-refractivity contribution >= 4 is 17.4 Å². The van der Waals surface area contributed by atoms with Crippen molar-refractivity contribution in [2.75, 3.05) is 20.2 Å². The van der Waals surface area contributed by atoms with Crippen molar-refractivity contribution in [2.45, 2.75) is 45.9 Å². The number of hydrogen-bond donors (Lipinski definition) is 3. The highest BCUT2D eigenvalue weighted by molar-refractivity contribution is 6.22. The molecule has 0 saturated heterocycles. The lowest BCUT2D eigenvalue weighted by Crippen LogP contribution is -2.32. The molecule has 0 amide bonds. The number of benzene rings is 2. The number of allylic oxidation sites excluding steroid dienone is 1. The summed E-state index contributed by atoms with van der Waals surface area (Å²) in [6.07, 6.45) is 4.77. The van der Waals surface area contributed by atoms with Crippen LogP contribution in [0.5, 0.6) is 5.75 Å². The van der Waals surface area contributed by atoms with Crippen molar-refractivity contribution in [3.05, 3.63) is 83.3 Å². The van der Waals surface area contributed by atoms with Gasteiger partial charge in [0.15, 0.2) is 0 Å². The number of para-hydroxylation sites is 1. The Bertz CT molecular complexity index is 1250. The lowest BCUT2D eigenvalue weighted by molar-refractivity contribution is -0.137. The zero-order valence-corrected chi connectivity index (χ0v) is 23.0. The molecule has 2 aliphatic rings. The number of esters is 1. The molecule has 6 N–H and O–H groups in total. The van der Waals surface area contributed by atoms with Gasteiger partial charge in [0.05, 0.1) is 23.6 Å². The molecule has 0 aromatic heterocycles. The molecule has 0 bridgehead atoms. The molecule has 9 heteroatoms. The highest BCUT2D eigenvalue weighted by Gasteiger charge is 2.45. The fourth-order valence-electron chi connectivity index (χ4n) is 5.02. The maximum absolute atomic E-state index is 12.8. The first-order valence-electron chi connectivity index (χ1n) is 13.5. The molecule has 9 nitrogen and oxygen atoms in total. The van der Waals surface area contributed by atoms with Gasteiger partial charge in [-0.15, -0.1) is 0 Å². The van der Waals surface area contributed by atoms with Crippen LogP contribution in [0.15, 0.2) is 77.2 Å². The molecular formula is C30H40N6O3. The number of carbonyl (C=O) groups excluding carboxylic acids is 1. The summed E-state index contributed by atoms with van der Waals surface area (Å²) >= 11 is 0. The summed E-state index contributed by atoms with van der Waals surface area (Å²) in [5, 5.41) is 1.42. The summed E-state index contributed by atoms with van der Waals surface area (Å²) in [6.45, 7) is 6.54. The number of hydrazine groups is 1. The Morgan fingerprint density at radius 3 is 2.72 bits per heavy atom. The normalized spacial score (nSPS) is 21.9. The zero-order valence-electron chi connectivity index (χ0n) is 23.0. The van der Waals surface area contributed by atoms with Gasteiger partial charge in [-0.05, 0) is 43.5 Å². The third-order valence-corrected chi connectivity index (χ3v) is 7.00. The second-order valence-electron chi connectivity index (χ2n) is 10.1. The molecule has 4 rings (SSSR count). The topological polar surface area (TPSA) is 132 Å². The number of fused-ring (bicyclic) bond motifs is 1. The molecule has 1 aliphatic carbocycles. The summed E-state index contributed by atoms with van der Waals surface area (Å²) in [4.78, 5) is 20.1. The Kier molecular flexibility index (Phi) is 9.27. The fourth-order valence-corrected chi connectivity index (χ4v) is 5.02. The van der Waals surface area contributed by atoms with Gasteiger partial charge < -0.3 is 25.9 Å². The second-order valence-corrected chi connectivity index (χ2v) is 10.1. The summed E-state index contributed by atoms with van der Waals surface area (Å²) < 4.78 is 11.5. The third kappa shape index (κ3) is 7.19. The molecule has 1 unspecified atom stereocenters. The number of nitrogens with two attached hydrogens (primary N) is 3. The predicted octanol–water partition coefficient (Wildman–Crippen LogP) is 3.58. The molecule has 2 aromatic carbocycles. The van der Waals surface area contributed by atoms with Gasteiger partial charge in [0.25, 0.3) is 0 Å². The molecule has 2 aromatic rings. The van der Waals surface area contributed by atoms with E-state index in [1.807, 2.05) is 30.3 Å². The van der Waals surface area contributed by atoms with E-state index in [1.54, 1.807) is 20.2 Å². The summed E-state index contributed by atoms with van der Waals surface area (Å²) in [5.41, 5.74) is 16.7. The molecule has 3 atom stereocenters. The summed E-state index contributed by atoms with van der Waals surface area (Å²) in [6, 6.07) is 16.3. The van der Waals surface area contributed by atoms with Gasteiger partial charge in [-0.1, -0.05) is 37.3 Å². The van der Waals surface area contributed by atoms with E-state index in [0.29, 0.717) is 11.4 Å². The molecular weight excluding hydrogens is 492 g/mol. The van der Waals surface area contributed by atoms with E-state index >= 15 is 0 Å². The Labute approximate surface area is 230 Å². The van der Waals surface area contributed by atoms with Crippen LogP contribution in [0.3, 0.4) is 0 Å². The van der Waals surface area contributed by atoms with Crippen molar-refractivity contribution < 1.29 is 14.3 Å². The van der Waals surface area contributed by atoms with Gasteiger partial charge in [0, 0.05) is 62.2 Å². The third-order valence-electron chi connectivity index (χ3n) is 7.00. The molecule has 39 heavy (non-hydrogen) atoms. The van der Waals surface area contributed by atoms with E-state index in [-0.39, 0.29) is 30.1 Å². The number of ether oxygens (including phenoxy) is 2. The van der Waals surface area contributed by atoms with E-state index < -0.39 is 5.97 Å². The van der Waals surface area contributed by atoms with Crippen LogP contribution in [0.1, 0.15) is 37.8 Å². The molecule has 1 fully saturated rings. The maximum atomic E-state index is 12.8. The minimum Gasteiger partial charge on any atom is -0.489 e. The number of aliphatic imine (C=N–C) groups is 1. The van der Waals surface area contributed by atoms with Crippen molar-refractivity contribution in [3.63, 3.8) is 0 Å². The van der Waals surface area contributed by atoms with E-state index in [1.165, 1.54) is 16.8 Å². The van der Waals surface area contributed by atoms with Crippen molar-refractivity contribution in [2.24, 2.45) is 34.1 Å². The Morgan fingerprint density at radius 1 is 1.21 bits per heavy atom. The van der Waals surface area contributed by atoms with Gasteiger partial charge in [-0.25, -0.2) is 10.6 Å². The Morgan fingerprint density at radius 2 is 2.00 bits per heavy atom. The number of hydrogen-bond acceptors (Lipinski definition) is 9. The van der Waals surface area contributed by atoms with Crippen molar-refractivity contribution in [1.82, 2.24) is 9.91 Å². The standard InChI is InChI=1S/C30H40N6O3/c1-4-23-18-36(17-21-10-6-7-12-28(21)39-23)16-20-9-8-11-22(13-20)34-29(26(15-31)30(37)38-5-2)25-14-24(25)27(32)19-35(3)33/h6-13,15,19,23-25H,4-5,14,16-18,31-33H2,1-3H3/b26-15?,27-19-,34-29?/t23-,24?,25-/m1/s1. The van der Waals surface area contributed by atoms with Crippen LogP contribution in [0, 0.1) is 11.8 Å². The quantitative estimate of drug-likeness (QED) is 0.139. The summed E-state index contributed by atoms with van der Waals surface area (Å²) in [5.74, 6) is 6.18. The first kappa shape index (κ1) is 28.2. The van der Waals surface area contributed by atoms with Crippen LogP contribution in [0.25, 0.3) is 0 Å². The van der Waals surface area contributed by atoms with Crippen LogP contribution in [-0.4, -0.2) is 47.9 Å². The van der Waals surface area contributed by atoms with Gasteiger partial charge >= 0.3 is 5.97 Å². The van der Waals surface area contributed by atoms with Crippen LogP contribution >= 0.6 is 0 Å². The highest BCUT2D eigenvalue weighted by Crippen LogP contribution is 2.45. The molecule has 1 aliphatic heterocycles. The summed E-state index contributed by atoms with van der Waals surface area (Å²) in [7, 11) is 1.71. The lowest BCUT2D eigenvalue weighted by Gasteiger charge is -2.23. The monoisotopic (exact) mass is 532 g/mol. The van der Waals surface area contributed by atoms with E-state index in [0.717, 1.165) is 49.5 Å². The van der Waals surface area contributed by atoms with Gasteiger partial charge in [0.2, 0.25) is 0 Å². The zero-order chi connectivity index (χ0) is 27.9. The average molecular weight is 533 g/mol. The number of carbonyl (C=O) groups is 1. The van der Waals surface area contributed by atoms with E-state index in [4.69, 9.17) is 31.8 Å².